The van der Waals surface area contributed by atoms with Crippen LogP contribution in [0.5, 0.6) is 0 Å². The number of hydrogen-bond acceptors (Lipinski definition) is 2. The molecule has 0 bridgehead atoms. The van der Waals surface area contributed by atoms with Crippen molar-refractivity contribution in [1.29, 1.82) is 0 Å². The third-order valence-electron chi connectivity index (χ3n) is 3.01. The van der Waals surface area contributed by atoms with E-state index in [-0.39, 0.29) is 0 Å². The van der Waals surface area contributed by atoms with Crippen LogP contribution in [0.2, 0.25) is 0 Å². The van der Waals surface area contributed by atoms with Crippen molar-refractivity contribution < 1.29 is 4.74 Å². The van der Waals surface area contributed by atoms with Crippen LogP contribution in [-0.4, -0.2) is 36.7 Å². The molecule has 0 aromatic rings. The van der Waals surface area contributed by atoms with E-state index < -0.39 is 0 Å². The molecule has 1 fully saturated rings. The van der Waals surface area contributed by atoms with E-state index in [2.05, 4.69) is 32.6 Å². The summed E-state index contributed by atoms with van der Waals surface area (Å²) in [7, 11) is 0. The minimum Gasteiger partial charge on any atom is -0.376 e. The summed E-state index contributed by atoms with van der Waals surface area (Å²) in [5, 5.41) is 0. The van der Waals surface area contributed by atoms with E-state index in [9.17, 15) is 0 Å². The first-order chi connectivity index (χ1) is 6.11. The van der Waals surface area contributed by atoms with Crippen molar-refractivity contribution in [2.45, 2.75) is 46.3 Å². The molecule has 2 nitrogen and oxygen atoms in total. The fourth-order valence-electron chi connectivity index (χ4n) is 1.74. The van der Waals surface area contributed by atoms with E-state index in [1.807, 2.05) is 0 Å². The minimum absolute atomic E-state index is 0.404. The highest BCUT2D eigenvalue weighted by Crippen LogP contribution is 2.14. The van der Waals surface area contributed by atoms with Gasteiger partial charge in [0, 0.05) is 12.6 Å². The van der Waals surface area contributed by atoms with Gasteiger partial charge in [0.05, 0.1) is 12.7 Å². The van der Waals surface area contributed by atoms with Gasteiger partial charge in [0.25, 0.3) is 0 Å². The Labute approximate surface area is 82.3 Å². The van der Waals surface area contributed by atoms with Crippen LogP contribution in [-0.2, 0) is 4.74 Å². The summed E-state index contributed by atoms with van der Waals surface area (Å²) in [6, 6.07) is 0.590. The molecule has 13 heavy (non-hydrogen) atoms. The molecular formula is C11H23NO. The predicted molar refractivity (Wildman–Crippen MR) is 55.9 cm³/mol. The molecule has 0 saturated carbocycles. The SMILES string of the molecule is CC(C)CCN1CCO[C@@H](C)[C@@H]1C. The summed E-state index contributed by atoms with van der Waals surface area (Å²) in [6.07, 6.45) is 1.71. The number of morpholine rings is 1. The molecule has 0 amide bonds. The number of nitrogens with zero attached hydrogens (tertiary/aromatic N) is 1. The third kappa shape index (κ3) is 3.28. The summed E-state index contributed by atoms with van der Waals surface area (Å²) in [5.74, 6) is 0.811. The van der Waals surface area contributed by atoms with Crippen molar-refractivity contribution in [2.24, 2.45) is 5.92 Å². The van der Waals surface area contributed by atoms with Crippen LogP contribution in [0, 0.1) is 5.92 Å². The lowest BCUT2D eigenvalue weighted by Crippen LogP contribution is -2.48. The van der Waals surface area contributed by atoms with Gasteiger partial charge in [0.1, 0.15) is 0 Å². The lowest BCUT2D eigenvalue weighted by atomic mass is 10.1. The molecular weight excluding hydrogens is 162 g/mol. The van der Waals surface area contributed by atoms with E-state index >= 15 is 0 Å². The summed E-state index contributed by atoms with van der Waals surface area (Å²) >= 11 is 0. The summed E-state index contributed by atoms with van der Waals surface area (Å²) in [6.45, 7) is 12.3. The average molecular weight is 185 g/mol. The van der Waals surface area contributed by atoms with Crippen LogP contribution in [0.3, 0.4) is 0 Å². The van der Waals surface area contributed by atoms with E-state index in [1.54, 1.807) is 0 Å². The van der Waals surface area contributed by atoms with Crippen molar-refractivity contribution >= 4 is 0 Å². The van der Waals surface area contributed by atoms with Crippen molar-refractivity contribution in [3.8, 4) is 0 Å². The molecule has 0 spiro atoms. The van der Waals surface area contributed by atoms with Gasteiger partial charge in [-0.05, 0) is 32.7 Å². The lowest BCUT2D eigenvalue weighted by molar-refractivity contribution is -0.0562. The van der Waals surface area contributed by atoms with Crippen LogP contribution < -0.4 is 0 Å². The molecule has 0 N–H and O–H groups in total. The summed E-state index contributed by atoms with van der Waals surface area (Å²) < 4.78 is 5.59. The van der Waals surface area contributed by atoms with Crippen LogP contribution in [0.4, 0.5) is 0 Å². The zero-order chi connectivity index (χ0) is 9.84. The first-order valence-electron chi connectivity index (χ1n) is 5.47. The second-order valence-electron chi connectivity index (χ2n) is 4.54. The van der Waals surface area contributed by atoms with Crippen molar-refractivity contribution in [2.75, 3.05) is 19.7 Å². The quantitative estimate of drug-likeness (QED) is 0.668. The van der Waals surface area contributed by atoms with Crippen molar-refractivity contribution in [1.82, 2.24) is 4.90 Å². The highest BCUT2D eigenvalue weighted by Gasteiger charge is 2.24. The fourth-order valence-corrected chi connectivity index (χ4v) is 1.74. The molecule has 1 saturated heterocycles. The van der Waals surface area contributed by atoms with Crippen LogP contribution in [0.1, 0.15) is 34.1 Å². The Kier molecular flexibility index (Phi) is 4.20. The standard InChI is InChI=1S/C11H23NO/c1-9(2)5-6-12-7-8-13-11(4)10(12)3/h9-11H,5-8H2,1-4H3/t10-,11-/m0/s1. The number of rotatable bonds is 3. The van der Waals surface area contributed by atoms with Crippen LogP contribution in [0.15, 0.2) is 0 Å². The lowest BCUT2D eigenvalue weighted by Gasteiger charge is -2.38. The maximum Gasteiger partial charge on any atom is 0.0700 e. The molecule has 1 heterocycles. The van der Waals surface area contributed by atoms with Gasteiger partial charge in [-0.15, -0.1) is 0 Å². The molecule has 1 aliphatic rings. The van der Waals surface area contributed by atoms with E-state index in [0.29, 0.717) is 12.1 Å². The van der Waals surface area contributed by atoms with Crippen molar-refractivity contribution in [3.63, 3.8) is 0 Å². The van der Waals surface area contributed by atoms with Gasteiger partial charge in [-0.3, -0.25) is 4.90 Å². The van der Waals surface area contributed by atoms with Crippen LogP contribution >= 0.6 is 0 Å². The second kappa shape index (κ2) is 4.97. The van der Waals surface area contributed by atoms with Gasteiger partial charge < -0.3 is 4.74 Å². The number of hydrogen-bond donors (Lipinski definition) is 0. The Morgan fingerprint density at radius 2 is 2.08 bits per heavy atom. The van der Waals surface area contributed by atoms with Gasteiger partial charge in [-0.25, -0.2) is 0 Å². The van der Waals surface area contributed by atoms with Gasteiger partial charge in [-0.2, -0.15) is 0 Å². The highest BCUT2D eigenvalue weighted by molar-refractivity contribution is 4.77. The van der Waals surface area contributed by atoms with Gasteiger partial charge in [0.2, 0.25) is 0 Å². The first kappa shape index (κ1) is 11.0. The molecule has 0 radical (unpaired) electrons. The zero-order valence-electron chi connectivity index (χ0n) is 9.42. The molecule has 1 aliphatic heterocycles. The van der Waals surface area contributed by atoms with Crippen LogP contribution in [0.25, 0.3) is 0 Å². The smallest absolute Gasteiger partial charge is 0.0700 e. The Morgan fingerprint density at radius 3 is 2.69 bits per heavy atom. The van der Waals surface area contributed by atoms with E-state index in [1.165, 1.54) is 13.0 Å². The molecule has 0 aromatic carbocycles. The maximum atomic E-state index is 5.59. The van der Waals surface area contributed by atoms with Gasteiger partial charge in [-0.1, -0.05) is 13.8 Å². The summed E-state index contributed by atoms with van der Waals surface area (Å²) in [5.41, 5.74) is 0. The zero-order valence-corrected chi connectivity index (χ0v) is 9.42. The Balaban J connectivity index is 2.31. The normalized spacial score (nSPS) is 31.2. The van der Waals surface area contributed by atoms with E-state index in [0.717, 1.165) is 19.1 Å². The largest absolute Gasteiger partial charge is 0.376 e. The monoisotopic (exact) mass is 185 g/mol. The number of ether oxygens (including phenoxy) is 1. The Hall–Kier alpha value is -0.0800. The third-order valence-corrected chi connectivity index (χ3v) is 3.01. The predicted octanol–water partition coefficient (Wildman–Crippen LogP) is 2.14. The highest BCUT2D eigenvalue weighted by atomic mass is 16.5. The molecule has 0 aliphatic carbocycles. The Bertz CT molecular complexity index is 147. The minimum atomic E-state index is 0.404. The topological polar surface area (TPSA) is 12.5 Å². The second-order valence-corrected chi connectivity index (χ2v) is 4.54. The average Bonchev–Trinajstić information content (AvgIpc) is 2.07. The van der Waals surface area contributed by atoms with Gasteiger partial charge in [0.15, 0.2) is 0 Å². The molecule has 0 aromatic heterocycles. The molecule has 2 heteroatoms. The fraction of sp³-hybridized carbons (Fsp3) is 1.00. The molecule has 1 rings (SSSR count). The Morgan fingerprint density at radius 1 is 1.38 bits per heavy atom. The van der Waals surface area contributed by atoms with E-state index in [4.69, 9.17) is 4.74 Å². The molecule has 2 atom stereocenters. The van der Waals surface area contributed by atoms with Gasteiger partial charge >= 0.3 is 0 Å². The summed E-state index contributed by atoms with van der Waals surface area (Å²) in [4.78, 5) is 2.55. The molecule has 0 unspecified atom stereocenters. The maximum absolute atomic E-state index is 5.59. The first-order valence-corrected chi connectivity index (χ1v) is 5.47. The molecule has 78 valence electrons. The van der Waals surface area contributed by atoms with Crippen molar-refractivity contribution in [3.05, 3.63) is 0 Å².